The van der Waals surface area contributed by atoms with Crippen LogP contribution in [0.25, 0.3) is 5.69 Å². The average Bonchev–Trinajstić information content (AvgIpc) is 3.18. The number of amides is 1. The molecule has 8 heteroatoms. The lowest BCUT2D eigenvalue weighted by molar-refractivity contribution is 0.0694. The lowest BCUT2D eigenvalue weighted by atomic mass is 10.2. The summed E-state index contributed by atoms with van der Waals surface area (Å²) in [5.74, 6) is -0.686. The van der Waals surface area contributed by atoms with Crippen molar-refractivity contribution >= 4 is 11.9 Å². The Hall–Kier alpha value is -3.42. The van der Waals surface area contributed by atoms with Crippen LogP contribution in [0.15, 0.2) is 34.7 Å². The van der Waals surface area contributed by atoms with Crippen molar-refractivity contribution in [1.29, 1.82) is 0 Å². The summed E-state index contributed by atoms with van der Waals surface area (Å²) in [6.07, 6.45) is 0. The van der Waals surface area contributed by atoms with E-state index in [-0.39, 0.29) is 23.7 Å². The number of nitrogens with zero attached hydrogens (tertiary/aromatic N) is 4. The van der Waals surface area contributed by atoms with E-state index in [4.69, 9.17) is 9.52 Å². The molecule has 140 valence electrons. The molecule has 0 unspecified atom stereocenters. The van der Waals surface area contributed by atoms with Crippen LogP contribution < -0.4 is 0 Å². The lowest BCUT2D eigenvalue weighted by Crippen LogP contribution is -2.27. The quantitative estimate of drug-likeness (QED) is 0.743. The van der Waals surface area contributed by atoms with Crippen molar-refractivity contribution in [1.82, 2.24) is 19.9 Å². The van der Waals surface area contributed by atoms with Crippen LogP contribution in [0.1, 0.15) is 43.6 Å². The Morgan fingerprint density at radius 2 is 1.85 bits per heavy atom. The number of carbonyl (C=O) groups is 2. The van der Waals surface area contributed by atoms with Gasteiger partial charge in [-0.2, -0.15) is 0 Å². The van der Waals surface area contributed by atoms with Crippen LogP contribution in [-0.2, 0) is 6.54 Å². The molecule has 27 heavy (non-hydrogen) atoms. The van der Waals surface area contributed by atoms with Gasteiger partial charge in [-0.25, -0.2) is 9.48 Å². The predicted molar refractivity (Wildman–Crippen MR) is 97.0 cm³/mol. The number of aromatic nitrogens is 3. The van der Waals surface area contributed by atoms with Crippen LogP contribution in [0.4, 0.5) is 0 Å². The molecule has 2 heterocycles. The summed E-state index contributed by atoms with van der Waals surface area (Å²) in [4.78, 5) is 25.3. The fraction of sp³-hybridized carbons (Fsp3) is 0.263. The van der Waals surface area contributed by atoms with E-state index in [9.17, 15) is 9.59 Å². The van der Waals surface area contributed by atoms with E-state index in [1.807, 2.05) is 31.2 Å². The number of carboxylic acid groups (broad SMARTS) is 1. The molecule has 0 radical (unpaired) electrons. The predicted octanol–water partition coefficient (Wildman–Crippen LogP) is 2.76. The van der Waals surface area contributed by atoms with E-state index in [1.165, 1.54) is 11.0 Å². The molecule has 1 N–H and O–H groups in total. The van der Waals surface area contributed by atoms with Gasteiger partial charge in [0.2, 0.25) is 0 Å². The zero-order valence-corrected chi connectivity index (χ0v) is 15.6. The Kier molecular flexibility index (Phi) is 4.81. The second kappa shape index (κ2) is 7.06. The minimum atomic E-state index is -1.06. The summed E-state index contributed by atoms with van der Waals surface area (Å²) in [5, 5.41) is 17.2. The van der Waals surface area contributed by atoms with Gasteiger partial charge in [-0.3, -0.25) is 4.79 Å². The SMILES string of the molecule is Cc1ccc(-n2nnc(C(=O)N(C)Cc3cc(C(=O)O)c(C)o3)c2C)cc1. The number of hydrogen-bond acceptors (Lipinski definition) is 5. The highest BCUT2D eigenvalue weighted by Gasteiger charge is 2.22. The van der Waals surface area contributed by atoms with Crippen LogP contribution in [-0.4, -0.2) is 43.9 Å². The molecule has 0 bridgehead atoms. The molecule has 3 aromatic rings. The maximum atomic E-state index is 12.7. The number of aromatic carboxylic acids is 1. The van der Waals surface area contributed by atoms with Crippen molar-refractivity contribution < 1.29 is 19.1 Å². The molecular formula is C19H20N4O4. The summed E-state index contributed by atoms with van der Waals surface area (Å²) in [6.45, 7) is 5.48. The number of carbonyl (C=O) groups excluding carboxylic acids is 1. The van der Waals surface area contributed by atoms with Gasteiger partial charge in [0.15, 0.2) is 5.69 Å². The second-order valence-electron chi connectivity index (χ2n) is 6.42. The van der Waals surface area contributed by atoms with Crippen LogP contribution in [0.2, 0.25) is 0 Å². The number of rotatable bonds is 5. The van der Waals surface area contributed by atoms with Crippen molar-refractivity contribution in [3.05, 3.63) is 64.4 Å². The molecule has 3 rings (SSSR count). The number of aryl methyl sites for hydroxylation is 2. The third-order valence-corrected chi connectivity index (χ3v) is 4.31. The summed E-state index contributed by atoms with van der Waals surface area (Å²) < 4.78 is 7.04. The van der Waals surface area contributed by atoms with E-state index in [0.717, 1.165) is 11.3 Å². The maximum absolute atomic E-state index is 12.7. The molecular weight excluding hydrogens is 348 g/mol. The Morgan fingerprint density at radius 3 is 2.44 bits per heavy atom. The number of carboxylic acids is 1. The molecule has 8 nitrogen and oxygen atoms in total. The zero-order valence-electron chi connectivity index (χ0n) is 15.6. The first-order valence-electron chi connectivity index (χ1n) is 8.35. The van der Waals surface area contributed by atoms with E-state index < -0.39 is 5.97 Å². The van der Waals surface area contributed by atoms with Gasteiger partial charge in [0.25, 0.3) is 5.91 Å². The highest BCUT2D eigenvalue weighted by Crippen LogP contribution is 2.18. The zero-order chi connectivity index (χ0) is 19.7. The molecule has 0 aliphatic rings. The van der Waals surface area contributed by atoms with Gasteiger partial charge in [0.05, 0.1) is 17.9 Å². The van der Waals surface area contributed by atoms with E-state index >= 15 is 0 Å². The molecule has 0 fully saturated rings. The number of furan rings is 1. The normalized spacial score (nSPS) is 10.8. The van der Waals surface area contributed by atoms with Crippen molar-refractivity contribution in [2.24, 2.45) is 0 Å². The van der Waals surface area contributed by atoms with E-state index in [2.05, 4.69) is 10.3 Å². The molecule has 0 saturated heterocycles. The second-order valence-corrected chi connectivity index (χ2v) is 6.42. The first-order chi connectivity index (χ1) is 12.8. The maximum Gasteiger partial charge on any atom is 0.339 e. The minimum Gasteiger partial charge on any atom is -0.478 e. The lowest BCUT2D eigenvalue weighted by Gasteiger charge is -2.14. The Morgan fingerprint density at radius 1 is 1.19 bits per heavy atom. The topological polar surface area (TPSA) is 101 Å². The van der Waals surface area contributed by atoms with Crippen molar-refractivity contribution in [2.45, 2.75) is 27.3 Å². The first-order valence-corrected chi connectivity index (χ1v) is 8.35. The largest absolute Gasteiger partial charge is 0.478 e. The van der Waals surface area contributed by atoms with Gasteiger partial charge < -0.3 is 14.4 Å². The molecule has 0 aliphatic heterocycles. The third kappa shape index (κ3) is 3.59. The van der Waals surface area contributed by atoms with Crippen LogP contribution in [0.3, 0.4) is 0 Å². The first kappa shape index (κ1) is 18.4. The Labute approximate surface area is 156 Å². The average molecular weight is 368 g/mol. The Bertz CT molecular complexity index is 1000. The molecule has 2 aromatic heterocycles. The molecule has 0 aliphatic carbocycles. The van der Waals surface area contributed by atoms with Crippen molar-refractivity contribution in [3.8, 4) is 5.69 Å². The number of benzene rings is 1. The molecule has 0 spiro atoms. The molecule has 1 amide bonds. The number of hydrogen-bond donors (Lipinski definition) is 1. The fourth-order valence-electron chi connectivity index (χ4n) is 2.78. The fourth-order valence-corrected chi connectivity index (χ4v) is 2.78. The van der Waals surface area contributed by atoms with Gasteiger partial charge >= 0.3 is 5.97 Å². The van der Waals surface area contributed by atoms with E-state index in [1.54, 1.807) is 25.6 Å². The van der Waals surface area contributed by atoms with Gasteiger partial charge in [-0.1, -0.05) is 22.9 Å². The standard InChI is InChI=1S/C19H20N4O4/c1-11-5-7-14(8-6-11)23-12(2)17(20-21-23)18(24)22(4)10-15-9-16(19(25)26)13(3)27-15/h5-9H,10H2,1-4H3,(H,25,26). The highest BCUT2D eigenvalue weighted by atomic mass is 16.4. The van der Waals surface area contributed by atoms with Crippen molar-refractivity contribution in [3.63, 3.8) is 0 Å². The molecule has 1 aromatic carbocycles. The van der Waals surface area contributed by atoms with Gasteiger partial charge in [-0.05, 0) is 39.0 Å². The molecule has 0 saturated carbocycles. The smallest absolute Gasteiger partial charge is 0.339 e. The Balaban J connectivity index is 1.80. The van der Waals surface area contributed by atoms with Gasteiger partial charge in [0, 0.05) is 7.05 Å². The highest BCUT2D eigenvalue weighted by molar-refractivity contribution is 5.93. The monoisotopic (exact) mass is 368 g/mol. The van der Waals surface area contributed by atoms with E-state index in [0.29, 0.717) is 17.2 Å². The molecule has 0 atom stereocenters. The van der Waals surface area contributed by atoms with Crippen LogP contribution >= 0.6 is 0 Å². The summed E-state index contributed by atoms with van der Waals surface area (Å²) in [7, 11) is 1.60. The summed E-state index contributed by atoms with van der Waals surface area (Å²) in [5.41, 5.74) is 2.90. The van der Waals surface area contributed by atoms with Crippen LogP contribution in [0.5, 0.6) is 0 Å². The van der Waals surface area contributed by atoms with Crippen molar-refractivity contribution in [2.75, 3.05) is 7.05 Å². The van der Waals surface area contributed by atoms with Crippen LogP contribution in [0, 0.1) is 20.8 Å². The van der Waals surface area contributed by atoms with Gasteiger partial charge in [-0.15, -0.1) is 5.10 Å². The third-order valence-electron chi connectivity index (χ3n) is 4.31. The summed E-state index contributed by atoms with van der Waals surface area (Å²) >= 11 is 0. The van der Waals surface area contributed by atoms with Gasteiger partial charge in [0.1, 0.15) is 17.1 Å². The minimum absolute atomic E-state index is 0.0901. The summed E-state index contributed by atoms with van der Waals surface area (Å²) in [6, 6.07) is 9.17.